The predicted molar refractivity (Wildman–Crippen MR) is 124 cm³/mol. The molecule has 1 atom stereocenters. The van der Waals surface area contributed by atoms with Gasteiger partial charge in [-0.25, -0.2) is 28.1 Å². The molecule has 1 amide bonds. The van der Waals surface area contributed by atoms with Crippen molar-refractivity contribution in [3.63, 3.8) is 0 Å². The largest absolute Gasteiger partial charge is 0.486 e. The van der Waals surface area contributed by atoms with Gasteiger partial charge in [-0.05, 0) is 24.3 Å². The second-order valence-electron chi connectivity index (χ2n) is 7.98. The summed E-state index contributed by atoms with van der Waals surface area (Å²) in [7, 11) is 0. The maximum Gasteiger partial charge on any atom is 0.278 e. The van der Waals surface area contributed by atoms with Crippen LogP contribution in [-0.4, -0.2) is 57.5 Å². The summed E-state index contributed by atoms with van der Waals surface area (Å²) in [6.45, 7) is 4.19. The second-order valence-corrected chi connectivity index (χ2v) is 8.36. The van der Waals surface area contributed by atoms with Gasteiger partial charge in [-0.3, -0.25) is 4.79 Å². The Bertz CT molecular complexity index is 1270. The lowest BCUT2D eigenvalue weighted by Crippen LogP contribution is -2.29. The number of carbonyl (C=O) groups is 1. The van der Waals surface area contributed by atoms with Gasteiger partial charge in [0.25, 0.3) is 5.92 Å². The Morgan fingerprint density at radius 3 is 2.89 bits per heavy atom. The maximum atomic E-state index is 14.9. The van der Waals surface area contributed by atoms with Gasteiger partial charge in [0.1, 0.15) is 28.7 Å². The first kappa shape index (κ1) is 24.5. The fourth-order valence-electron chi connectivity index (χ4n) is 3.48. The standard InChI is InChI=1S/C23H21ClF3N5O3/c1-3-18(33)32-9-8-13(10-32)35-17-7-5-15-21(31-17)22(29-12-28-15)30-14-4-6-16(19(24)20(14)25)34-11-23(2,26)27/h3-7,12-13H,1,8-11H2,2H3,(H,28,29,30)/t13-/m0/s1. The van der Waals surface area contributed by atoms with Crippen LogP contribution in [0.25, 0.3) is 11.0 Å². The summed E-state index contributed by atoms with van der Waals surface area (Å²) in [6.07, 6.45) is 2.93. The molecule has 1 aliphatic rings. The number of rotatable bonds is 8. The number of hydrogen-bond donors (Lipinski definition) is 1. The Labute approximate surface area is 203 Å². The van der Waals surface area contributed by atoms with Gasteiger partial charge in [0.15, 0.2) is 18.2 Å². The van der Waals surface area contributed by atoms with Crippen molar-refractivity contribution >= 4 is 40.0 Å². The van der Waals surface area contributed by atoms with Crippen molar-refractivity contribution in [2.45, 2.75) is 25.4 Å². The lowest BCUT2D eigenvalue weighted by Gasteiger charge is -2.16. The molecule has 0 saturated carbocycles. The summed E-state index contributed by atoms with van der Waals surface area (Å²) >= 11 is 5.99. The molecule has 1 aromatic carbocycles. The minimum absolute atomic E-state index is 0.0619. The molecule has 0 bridgehead atoms. The number of halogens is 4. The molecule has 2 aromatic heterocycles. The van der Waals surface area contributed by atoms with Crippen molar-refractivity contribution in [2.75, 3.05) is 25.0 Å². The van der Waals surface area contributed by atoms with E-state index in [1.54, 1.807) is 17.0 Å². The first-order chi connectivity index (χ1) is 16.6. The molecule has 3 heterocycles. The summed E-state index contributed by atoms with van der Waals surface area (Å²) < 4.78 is 51.8. The van der Waals surface area contributed by atoms with Gasteiger partial charge in [-0.1, -0.05) is 18.2 Å². The van der Waals surface area contributed by atoms with Crippen LogP contribution in [0.2, 0.25) is 5.02 Å². The van der Waals surface area contributed by atoms with E-state index < -0.39 is 23.4 Å². The van der Waals surface area contributed by atoms with E-state index in [-0.39, 0.29) is 35.1 Å². The van der Waals surface area contributed by atoms with E-state index in [1.807, 2.05) is 0 Å². The number of fused-ring (bicyclic) bond motifs is 1. The van der Waals surface area contributed by atoms with Crippen LogP contribution in [0.4, 0.5) is 24.7 Å². The van der Waals surface area contributed by atoms with Crippen LogP contribution in [0.15, 0.2) is 43.2 Å². The fourth-order valence-corrected chi connectivity index (χ4v) is 3.69. The van der Waals surface area contributed by atoms with Gasteiger partial charge in [0, 0.05) is 26.0 Å². The van der Waals surface area contributed by atoms with Crippen LogP contribution in [0.3, 0.4) is 0 Å². The van der Waals surface area contributed by atoms with E-state index in [0.717, 1.165) is 0 Å². The zero-order valence-corrected chi connectivity index (χ0v) is 19.4. The van der Waals surface area contributed by atoms with Gasteiger partial charge in [0.2, 0.25) is 11.8 Å². The van der Waals surface area contributed by atoms with Crippen molar-refractivity contribution in [2.24, 2.45) is 0 Å². The number of likely N-dealkylation sites (tertiary alicyclic amines) is 1. The molecular weight excluding hydrogens is 487 g/mol. The smallest absolute Gasteiger partial charge is 0.278 e. The minimum atomic E-state index is -3.10. The summed E-state index contributed by atoms with van der Waals surface area (Å²) in [5.74, 6) is -3.91. The van der Waals surface area contributed by atoms with E-state index >= 15 is 0 Å². The Kier molecular flexibility index (Phi) is 6.97. The molecule has 3 aromatic rings. The van der Waals surface area contributed by atoms with Gasteiger partial charge in [-0.2, -0.15) is 0 Å². The molecule has 1 aliphatic heterocycles. The van der Waals surface area contributed by atoms with E-state index in [9.17, 15) is 18.0 Å². The number of ether oxygens (including phenoxy) is 2. The quantitative estimate of drug-likeness (QED) is 0.440. The SMILES string of the molecule is C=CC(=O)N1CC[C@H](Oc2ccc3ncnc(Nc4ccc(OCC(C)(F)F)c(Cl)c4F)c3n2)C1. The highest BCUT2D eigenvalue weighted by Crippen LogP contribution is 2.35. The molecule has 0 radical (unpaired) electrons. The zero-order chi connectivity index (χ0) is 25.2. The summed E-state index contributed by atoms with van der Waals surface area (Å²) in [5, 5.41) is 2.36. The molecule has 0 spiro atoms. The summed E-state index contributed by atoms with van der Waals surface area (Å²) in [5.41, 5.74) is 0.720. The van der Waals surface area contributed by atoms with Crippen LogP contribution >= 0.6 is 11.6 Å². The van der Waals surface area contributed by atoms with Gasteiger partial charge >= 0.3 is 0 Å². The molecule has 8 nitrogen and oxygen atoms in total. The molecule has 4 rings (SSSR count). The number of alkyl halides is 2. The lowest BCUT2D eigenvalue weighted by molar-refractivity contribution is -0.125. The first-order valence-corrected chi connectivity index (χ1v) is 11.0. The highest BCUT2D eigenvalue weighted by Gasteiger charge is 2.27. The average Bonchev–Trinajstić information content (AvgIpc) is 3.29. The van der Waals surface area contributed by atoms with Crippen LogP contribution < -0.4 is 14.8 Å². The fraction of sp³-hybridized carbons (Fsp3) is 0.304. The van der Waals surface area contributed by atoms with E-state index in [2.05, 4.69) is 26.8 Å². The van der Waals surface area contributed by atoms with Crippen molar-refractivity contribution in [1.29, 1.82) is 0 Å². The van der Waals surface area contributed by atoms with E-state index in [0.29, 0.717) is 37.5 Å². The first-order valence-electron chi connectivity index (χ1n) is 10.6. The highest BCUT2D eigenvalue weighted by atomic mass is 35.5. The number of pyridine rings is 1. The molecular formula is C23H21ClF3N5O3. The third kappa shape index (κ3) is 5.73. The van der Waals surface area contributed by atoms with E-state index in [4.69, 9.17) is 21.1 Å². The van der Waals surface area contributed by atoms with Crippen molar-refractivity contribution in [3.8, 4) is 11.6 Å². The predicted octanol–water partition coefficient (Wildman–Crippen LogP) is 4.76. The van der Waals surface area contributed by atoms with Crippen LogP contribution in [0.5, 0.6) is 11.6 Å². The molecule has 1 fully saturated rings. The van der Waals surface area contributed by atoms with E-state index in [1.165, 1.54) is 24.5 Å². The number of nitrogens with zero attached hydrogens (tertiary/aromatic N) is 4. The Morgan fingerprint density at radius 2 is 2.14 bits per heavy atom. The van der Waals surface area contributed by atoms with Crippen molar-refractivity contribution in [3.05, 3.63) is 54.1 Å². The molecule has 12 heteroatoms. The lowest BCUT2D eigenvalue weighted by atomic mass is 10.2. The van der Waals surface area contributed by atoms with Crippen LogP contribution in [-0.2, 0) is 4.79 Å². The van der Waals surface area contributed by atoms with Crippen molar-refractivity contribution < 1.29 is 27.4 Å². The van der Waals surface area contributed by atoms with Crippen LogP contribution in [0, 0.1) is 5.82 Å². The minimum Gasteiger partial charge on any atom is -0.486 e. The molecule has 1 N–H and O–H groups in total. The number of amides is 1. The Balaban J connectivity index is 1.54. The maximum absolute atomic E-state index is 14.9. The monoisotopic (exact) mass is 507 g/mol. The van der Waals surface area contributed by atoms with Gasteiger partial charge in [-0.15, -0.1) is 0 Å². The number of carbonyl (C=O) groups excluding carboxylic acids is 1. The van der Waals surface area contributed by atoms with Gasteiger partial charge in [0.05, 0.1) is 17.7 Å². The number of aromatic nitrogens is 3. The highest BCUT2D eigenvalue weighted by molar-refractivity contribution is 6.32. The summed E-state index contributed by atoms with van der Waals surface area (Å²) in [6, 6.07) is 5.89. The zero-order valence-electron chi connectivity index (χ0n) is 18.6. The Hall–Kier alpha value is -3.60. The van der Waals surface area contributed by atoms with Gasteiger partial charge < -0.3 is 19.7 Å². The number of benzene rings is 1. The average molecular weight is 508 g/mol. The summed E-state index contributed by atoms with van der Waals surface area (Å²) in [4.78, 5) is 26.2. The third-order valence-electron chi connectivity index (χ3n) is 5.16. The third-order valence-corrected chi connectivity index (χ3v) is 5.51. The normalized spacial score (nSPS) is 15.8. The number of anilines is 2. The number of nitrogens with one attached hydrogen (secondary N) is 1. The molecule has 1 saturated heterocycles. The van der Waals surface area contributed by atoms with Crippen LogP contribution in [0.1, 0.15) is 13.3 Å². The molecule has 0 unspecified atom stereocenters. The Morgan fingerprint density at radius 1 is 1.34 bits per heavy atom. The topological polar surface area (TPSA) is 89.5 Å². The molecule has 0 aliphatic carbocycles. The molecule has 35 heavy (non-hydrogen) atoms. The van der Waals surface area contributed by atoms with Crippen molar-refractivity contribution in [1.82, 2.24) is 19.9 Å². The number of hydrogen-bond acceptors (Lipinski definition) is 7. The second kappa shape index (κ2) is 9.95. The molecule has 184 valence electrons.